The van der Waals surface area contributed by atoms with Gasteiger partial charge in [-0.3, -0.25) is 0 Å². The summed E-state index contributed by atoms with van der Waals surface area (Å²) in [6.07, 6.45) is 4.08. The summed E-state index contributed by atoms with van der Waals surface area (Å²) in [5.74, 6) is 0.0292. The van der Waals surface area contributed by atoms with Crippen LogP contribution < -0.4 is 5.32 Å². The monoisotopic (exact) mass is 224 g/mol. The summed E-state index contributed by atoms with van der Waals surface area (Å²) >= 11 is 0. The van der Waals surface area contributed by atoms with Crippen LogP contribution in [0.2, 0.25) is 0 Å². The zero-order valence-electron chi connectivity index (χ0n) is 9.47. The van der Waals surface area contributed by atoms with Crippen molar-refractivity contribution < 1.29 is 9.90 Å². The smallest absolute Gasteiger partial charge is 0.330 e. The van der Waals surface area contributed by atoms with Gasteiger partial charge in [0.2, 0.25) is 0 Å². The second kappa shape index (κ2) is 6.02. The second-order valence-electron chi connectivity index (χ2n) is 3.50. The van der Waals surface area contributed by atoms with Crippen LogP contribution in [0.25, 0.3) is 0 Å². The van der Waals surface area contributed by atoms with Gasteiger partial charge in [-0.25, -0.2) is 4.79 Å². The van der Waals surface area contributed by atoms with Crippen LogP contribution in [0.15, 0.2) is 18.0 Å². The molecule has 0 aliphatic carbocycles. The average Bonchev–Trinajstić information content (AvgIpc) is 2.63. The third-order valence-electron chi connectivity index (χ3n) is 2.22. The lowest BCUT2D eigenvalue weighted by Crippen LogP contribution is -2.19. The minimum Gasteiger partial charge on any atom is -0.478 e. The number of nitrogens with zero attached hydrogens (tertiary/aromatic N) is 3. The Kier molecular flexibility index (Phi) is 4.65. The van der Waals surface area contributed by atoms with Crippen molar-refractivity contribution in [1.29, 1.82) is 0 Å². The fraction of sp³-hybridized carbons (Fsp3) is 0.500. The molecular formula is C10H16N4O2. The summed E-state index contributed by atoms with van der Waals surface area (Å²) in [6, 6.07) is 0. The van der Waals surface area contributed by atoms with E-state index in [-0.39, 0.29) is 0 Å². The minimum absolute atomic E-state index is 0.353. The SMILES string of the molecule is CC(=CCNCCc1nncn1C)C(=O)O. The van der Waals surface area contributed by atoms with Gasteiger partial charge in [-0.05, 0) is 6.92 Å². The Hall–Kier alpha value is -1.69. The van der Waals surface area contributed by atoms with Crippen molar-refractivity contribution >= 4 is 5.97 Å². The summed E-state index contributed by atoms with van der Waals surface area (Å²) in [4.78, 5) is 10.5. The van der Waals surface area contributed by atoms with Crippen molar-refractivity contribution in [2.24, 2.45) is 7.05 Å². The third kappa shape index (κ3) is 3.82. The molecule has 0 aliphatic heterocycles. The molecule has 0 unspecified atom stereocenters. The first kappa shape index (κ1) is 12.4. The number of nitrogens with one attached hydrogen (secondary N) is 1. The molecule has 6 heteroatoms. The number of aromatic nitrogens is 3. The number of carbonyl (C=O) groups is 1. The highest BCUT2D eigenvalue weighted by Crippen LogP contribution is 1.92. The highest BCUT2D eigenvalue weighted by atomic mass is 16.4. The van der Waals surface area contributed by atoms with Gasteiger partial charge in [-0.15, -0.1) is 10.2 Å². The molecule has 1 heterocycles. The van der Waals surface area contributed by atoms with Gasteiger partial charge < -0.3 is 15.0 Å². The second-order valence-corrected chi connectivity index (χ2v) is 3.50. The molecule has 0 radical (unpaired) electrons. The van der Waals surface area contributed by atoms with Crippen LogP contribution in [-0.4, -0.2) is 38.9 Å². The molecule has 0 amide bonds. The Balaban J connectivity index is 2.20. The van der Waals surface area contributed by atoms with Crippen LogP contribution in [0, 0.1) is 0 Å². The van der Waals surface area contributed by atoms with Crippen molar-refractivity contribution in [1.82, 2.24) is 20.1 Å². The largest absolute Gasteiger partial charge is 0.478 e. The summed E-state index contributed by atoms with van der Waals surface area (Å²) in [5, 5.41) is 19.4. The molecule has 0 aromatic carbocycles. The molecule has 0 aliphatic rings. The zero-order chi connectivity index (χ0) is 12.0. The Bertz CT molecular complexity index is 384. The molecule has 16 heavy (non-hydrogen) atoms. The lowest BCUT2D eigenvalue weighted by Gasteiger charge is -2.01. The molecule has 1 aromatic heterocycles. The van der Waals surface area contributed by atoms with Gasteiger partial charge in [0, 0.05) is 32.1 Å². The fourth-order valence-corrected chi connectivity index (χ4v) is 1.15. The van der Waals surface area contributed by atoms with E-state index < -0.39 is 5.97 Å². The highest BCUT2D eigenvalue weighted by Gasteiger charge is 2.00. The highest BCUT2D eigenvalue weighted by molar-refractivity contribution is 5.85. The fourth-order valence-electron chi connectivity index (χ4n) is 1.15. The van der Waals surface area contributed by atoms with Crippen molar-refractivity contribution in [3.63, 3.8) is 0 Å². The number of carboxylic acids is 1. The predicted molar refractivity (Wildman–Crippen MR) is 59.0 cm³/mol. The minimum atomic E-state index is -0.880. The van der Waals surface area contributed by atoms with Crippen molar-refractivity contribution in [3.05, 3.63) is 23.8 Å². The number of hydrogen-bond acceptors (Lipinski definition) is 4. The van der Waals surface area contributed by atoms with E-state index in [1.54, 1.807) is 19.3 Å². The molecule has 0 fully saturated rings. The van der Waals surface area contributed by atoms with Crippen LogP contribution >= 0.6 is 0 Å². The van der Waals surface area contributed by atoms with Gasteiger partial charge in [0.05, 0.1) is 0 Å². The number of hydrogen-bond donors (Lipinski definition) is 2. The number of rotatable bonds is 6. The maximum absolute atomic E-state index is 10.5. The lowest BCUT2D eigenvalue weighted by molar-refractivity contribution is -0.132. The Morgan fingerprint density at radius 2 is 2.44 bits per heavy atom. The predicted octanol–water partition coefficient (Wildman–Crippen LogP) is -0.0219. The quantitative estimate of drug-likeness (QED) is 0.524. The number of aliphatic carboxylic acids is 1. The molecule has 2 N–H and O–H groups in total. The Labute approximate surface area is 94.0 Å². The molecule has 0 saturated carbocycles. The van der Waals surface area contributed by atoms with Crippen LogP contribution in [-0.2, 0) is 18.3 Å². The first-order valence-corrected chi connectivity index (χ1v) is 5.05. The molecule has 6 nitrogen and oxygen atoms in total. The molecular weight excluding hydrogens is 208 g/mol. The summed E-state index contributed by atoms with van der Waals surface area (Å²) in [7, 11) is 1.89. The zero-order valence-corrected chi connectivity index (χ0v) is 9.47. The van der Waals surface area contributed by atoms with Gasteiger partial charge in [-0.2, -0.15) is 0 Å². The first-order chi connectivity index (χ1) is 7.61. The van der Waals surface area contributed by atoms with Crippen molar-refractivity contribution in [2.75, 3.05) is 13.1 Å². The van der Waals surface area contributed by atoms with E-state index in [1.807, 2.05) is 11.6 Å². The molecule has 88 valence electrons. The lowest BCUT2D eigenvalue weighted by atomic mass is 10.3. The first-order valence-electron chi connectivity index (χ1n) is 5.05. The van der Waals surface area contributed by atoms with E-state index in [9.17, 15) is 4.79 Å². The maximum atomic E-state index is 10.5. The average molecular weight is 224 g/mol. The number of aryl methyl sites for hydroxylation is 1. The van der Waals surface area contributed by atoms with Crippen LogP contribution in [0.3, 0.4) is 0 Å². The van der Waals surface area contributed by atoms with Gasteiger partial charge in [-0.1, -0.05) is 6.08 Å². The van der Waals surface area contributed by atoms with E-state index in [4.69, 9.17) is 5.11 Å². The Morgan fingerprint density at radius 1 is 1.69 bits per heavy atom. The van der Waals surface area contributed by atoms with Gasteiger partial charge in [0.25, 0.3) is 0 Å². The standard InChI is InChI=1S/C10H16N4O2/c1-8(10(15)16)3-5-11-6-4-9-13-12-7-14(9)2/h3,7,11H,4-6H2,1-2H3,(H,15,16). The van der Waals surface area contributed by atoms with Crippen LogP contribution in [0.5, 0.6) is 0 Å². The van der Waals surface area contributed by atoms with E-state index in [1.165, 1.54) is 0 Å². The van der Waals surface area contributed by atoms with Crippen LogP contribution in [0.4, 0.5) is 0 Å². The summed E-state index contributed by atoms with van der Waals surface area (Å²) in [5.41, 5.74) is 0.353. The van der Waals surface area contributed by atoms with Crippen molar-refractivity contribution in [3.8, 4) is 0 Å². The van der Waals surface area contributed by atoms with Gasteiger partial charge >= 0.3 is 5.97 Å². The normalized spacial score (nSPS) is 11.8. The van der Waals surface area contributed by atoms with E-state index >= 15 is 0 Å². The molecule has 0 spiro atoms. The molecule has 0 bridgehead atoms. The summed E-state index contributed by atoms with van der Waals surface area (Å²) in [6.45, 7) is 2.87. The summed E-state index contributed by atoms with van der Waals surface area (Å²) < 4.78 is 1.86. The Morgan fingerprint density at radius 3 is 3.00 bits per heavy atom. The van der Waals surface area contributed by atoms with Gasteiger partial charge in [0.15, 0.2) is 0 Å². The van der Waals surface area contributed by atoms with E-state index in [0.717, 1.165) is 18.8 Å². The topological polar surface area (TPSA) is 80.0 Å². The van der Waals surface area contributed by atoms with Gasteiger partial charge in [0.1, 0.15) is 12.2 Å². The van der Waals surface area contributed by atoms with Crippen molar-refractivity contribution in [2.45, 2.75) is 13.3 Å². The molecule has 1 aromatic rings. The molecule has 0 saturated heterocycles. The van der Waals surface area contributed by atoms with E-state index in [0.29, 0.717) is 12.1 Å². The number of carboxylic acid groups (broad SMARTS) is 1. The molecule has 0 atom stereocenters. The molecule has 1 rings (SSSR count). The maximum Gasteiger partial charge on any atom is 0.330 e. The third-order valence-corrected chi connectivity index (χ3v) is 2.22. The van der Waals surface area contributed by atoms with E-state index in [2.05, 4.69) is 15.5 Å². The van der Waals surface area contributed by atoms with Crippen LogP contribution in [0.1, 0.15) is 12.7 Å².